The third kappa shape index (κ3) is 4.80. The van der Waals surface area contributed by atoms with Crippen LogP contribution in [-0.4, -0.2) is 9.78 Å². The third-order valence-corrected chi connectivity index (χ3v) is 6.02. The molecule has 30 heavy (non-hydrogen) atoms. The highest BCUT2D eigenvalue weighted by molar-refractivity contribution is 9.10. The molecule has 0 saturated carbocycles. The fraction of sp³-hybridized carbons (Fsp3) is 0.0870. The zero-order chi connectivity index (χ0) is 20.9. The number of halogens is 1. The molecule has 0 atom stereocenters. The van der Waals surface area contributed by atoms with Crippen molar-refractivity contribution in [1.29, 1.82) is 0 Å². The number of para-hydroxylation sites is 1. The van der Waals surface area contributed by atoms with Gasteiger partial charge in [-0.25, -0.2) is 4.68 Å². The summed E-state index contributed by atoms with van der Waals surface area (Å²) in [6.07, 6.45) is 0. The first-order valence-corrected chi connectivity index (χ1v) is 11.1. The van der Waals surface area contributed by atoms with Crippen LogP contribution in [0.2, 0.25) is 0 Å². The smallest absolute Gasteiger partial charge is 0.292 e. The number of thioether (sulfide) groups is 1. The lowest BCUT2D eigenvalue weighted by Gasteiger charge is -2.02. The number of aromatic nitrogens is 2. The van der Waals surface area contributed by atoms with E-state index in [4.69, 9.17) is 0 Å². The van der Waals surface area contributed by atoms with Gasteiger partial charge < -0.3 is 0 Å². The fourth-order valence-corrected chi connectivity index (χ4v) is 3.95. The van der Waals surface area contributed by atoms with Gasteiger partial charge in [-0.15, -0.1) is 16.9 Å². The standard InChI is InChI=1S/C23H19BrN4OS/c1-16-7-11-18(12-8-16)25-26-22-21(15-30-20-13-9-17(24)10-14-20)27-28(23(22)29)19-5-3-2-4-6-19/h2-14,27H,15H2,1H3. The monoisotopic (exact) mass is 478 g/mol. The van der Waals surface area contributed by atoms with Crippen LogP contribution < -0.4 is 5.56 Å². The minimum atomic E-state index is -0.219. The number of azo groups is 1. The highest BCUT2D eigenvalue weighted by Crippen LogP contribution is 2.28. The number of H-pyrrole nitrogens is 1. The van der Waals surface area contributed by atoms with Gasteiger partial charge in [0, 0.05) is 15.1 Å². The molecule has 0 spiro atoms. The zero-order valence-electron chi connectivity index (χ0n) is 16.2. The summed E-state index contributed by atoms with van der Waals surface area (Å²) < 4.78 is 2.55. The largest absolute Gasteiger partial charge is 0.299 e. The van der Waals surface area contributed by atoms with Crippen molar-refractivity contribution in [3.8, 4) is 5.69 Å². The molecular weight excluding hydrogens is 460 g/mol. The molecule has 0 aliphatic rings. The van der Waals surface area contributed by atoms with Crippen LogP contribution in [0.5, 0.6) is 0 Å². The van der Waals surface area contributed by atoms with E-state index in [1.165, 1.54) is 4.68 Å². The molecule has 5 nitrogen and oxygen atoms in total. The van der Waals surface area contributed by atoms with Crippen molar-refractivity contribution in [2.45, 2.75) is 17.6 Å². The minimum absolute atomic E-state index is 0.219. The predicted molar refractivity (Wildman–Crippen MR) is 125 cm³/mol. The summed E-state index contributed by atoms with van der Waals surface area (Å²) in [6.45, 7) is 2.02. The molecule has 4 aromatic rings. The fourth-order valence-electron chi connectivity index (χ4n) is 2.84. The number of nitrogens with zero attached hydrogens (tertiary/aromatic N) is 3. The third-order valence-electron chi connectivity index (χ3n) is 4.45. The molecule has 1 aromatic heterocycles. The summed E-state index contributed by atoms with van der Waals surface area (Å²) in [5, 5.41) is 11.8. The molecule has 150 valence electrons. The van der Waals surface area contributed by atoms with Gasteiger partial charge >= 0.3 is 0 Å². The second-order valence-electron chi connectivity index (χ2n) is 6.69. The first-order valence-electron chi connectivity index (χ1n) is 9.36. The van der Waals surface area contributed by atoms with E-state index in [1.54, 1.807) is 11.8 Å². The maximum Gasteiger partial charge on any atom is 0.299 e. The topological polar surface area (TPSA) is 62.5 Å². The number of hydrogen-bond acceptors (Lipinski definition) is 4. The van der Waals surface area contributed by atoms with Gasteiger partial charge in [-0.05, 0) is 55.5 Å². The molecular formula is C23H19BrN4OS. The Morgan fingerprint density at radius 2 is 1.63 bits per heavy atom. The number of aryl methyl sites for hydroxylation is 1. The molecule has 1 heterocycles. The van der Waals surface area contributed by atoms with Crippen molar-refractivity contribution in [2.75, 3.05) is 0 Å². The molecule has 0 radical (unpaired) electrons. The quantitative estimate of drug-likeness (QED) is 0.240. The van der Waals surface area contributed by atoms with E-state index in [0.717, 1.165) is 26.3 Å². The van der Waals surface area contributed by atoms with E-state index in [0.29, 0.717) is 17.1 Å². The molecule has 3 aromatic carbocycles. The summed E-state index contributed by atoms with van der Waals surface area (Å²) >= 11 is 5.08. The van der Waals surface area contributed by atoms with E-state index in [1.807, 2.05) is 85.8 Å². The molecule has 0 saturated heterocycles. The van der Waals surface area contributed by atoms with Crippen LogP contribution >= 0.6 is 27.7 Å². The predicted octanol–water partition coefficient (Wildman–Crippen LogP) is 6.94. The van der Waals surface area contributed by atoms with Crippen LogP contribution in [0.15, 0.2) is 103 Å². The normalized spacial score (nSPS) is 11.3. The highest BCUT2D eigenvalue weighted by Gasteiger charge is 2.15. The van der Waals surface area contributed by atoms with Crippen LogP contribution in [0.25, 0.3) is 5.69 Å². The van der Waals surface area contributed by atoms with Gasteiger partial charge in [-0.3, -0.25) is 9.89 Å². The average Bonchev–Trinajstić information content (AvgIpc) is 3.09. The lowest BCUT2D eigenvalue weighted by Crippen LogP contribution is -2.13. The van der Waals surface area contributed by atoms with E-state index >= 15 is 0 Å². The maximum atomic E-state index is 13.1. The summed E-state index contributed by atoms with van der Waals surface area (Å²) in [7, 11) is 0. The summed E-state index contributed by atoms with van der Waals surface area (Å²) in [5.41, 5.74) is 3.45. The molecule has 7 heteroatoms. The molecule has 0 aliphatic carbocycles. The van der Waals surface area contributed by atoms with Crippen LogP contribution in [0.4, 0.5) is 11.4 Å². The SMILES string of the molecule is Cc1ccc(N=Nc2c(CSc3ccc(Br)cc3)[nH]n(-c3ccccc3)c2=O)cc1. The van der Waals surface area contributed by atoms with Crippen molar-refractivity contribution in [1.82, 2.24) is 9.78 Å². The Balaban J connectivity index is 1.68. The van der Waals surface area contributed by atoms with Crippen molar-refractivity contribution < 1.29 is 0 Å². The van der Waals surface area contributed by atoms with E-state index in [2.05, 4.69) is 31.3 Å². The van der Waals surface area contributed by atoms with Gasteiger partial charge in [0.05, 0.1) is 17.1 Å². The first-order chi connectivity index (χ1) is 14.6. The van der Waals surface area contributed by atoms with Crippen molar-refractivity contribution >= 4 is 39.1 Å². The number of benzene rings is 3. The molecule has 0 bridgehead atoms. The maximum absolute atomic E-state index is 13.1. The zero-order valence-corrected chi connectivity index (χ0v) is 18.7. The van der Waals surface area contributed by atoms with Gasteiger partial charge in [-0.2, -0.15) is 5.11 Å². The van der Waals surface area contributed by atoms with E-state index in [-0.39, 0.29) is 5.56 Å². The lowest BCUT2D eigenvalue weighted by molar-refractivity contribution is 0.833. The molecule has 4 rings (SSSR count). The second kappa shape index (κ2) is 9.28. The Labute approximate surface area is 187 Å². The van der Waals surface area contributed by atoms with Gasteiger partial charge in [0.2, 0.25) is 0 Å². The highest BCUT2D eigenvalue weighted by atomic mass is 79.9. The van der Waals surface area contributed by atoms with E-state index in [9.17, 15) is 4.79 Å². The van der Waals surface area contributed by atoms with Crippen LogP contribution in [0.3, 0.4) is 0 Å². The van der Waals surface area contributed by atoms with Gasteiger partial charge in [0.15, 0.2) is 5.69 Å². The van der Waals surface area contributed by atoms with Crippen molar-refractivity contribution in [3.05, 3.63) is 105 Å². The molecule has 0 unspecified atom stereocenters. The first kappa shape index (κ1) is 20.4. The number of rotatable bonds is 6. The van der Waals surface area contributed by atoms with Gasteiger partial charge in [0.1, 0.15) is 0 Å². The Morgan fingerprint density at radius 3 is 2.33 bits per heavy atom. The Morgan fingerprint density at radius 1 is 0.933 bits per heavy atom. The average molecular weight is 479 g/mol. The van der Waals surface area contributed by atoms with Crippen molar-refractivity contribution in [3.63, 3.8) is 0 Å². The Kier molecular flexibility index (Phi) is 6.30. The Bertz CT molecular complexity index is 1210. The number of hydrogen-bond donors (Lipinski definition) is 1. The van der Waals surface area contributed by atoms with Crippen LogP contribution in [0, 0.1) is 6.92 Å². The van der Waals surface area contributed by atoms with E-state index < -0.39 is 0 Å². The summed E-state index contributed by atoms with van der Waals surface area (Å²) in [5.74, 6) is 0.568. The second-order valence-corrected chi connectivity index (χ2v) is 8.66. The summed E-state index contributed by atoms with van der Waals surface area (Å²) in [6, 6.07) is 25.2. The Hall–Kier alpha value is -2.90. The van der Waals surface area contributed by atoms with Crippen LogP contribution in [0.1, 0.15) is 11.3 Å². The van der Waals surface area contributed by atoms with Crippen LogP contribution in [-0.2, 0) is 5.75 Å². The molecule has 0 fully saturated rings. The van der Waals surface area contributed by atoms with Crippen molar-refractivity contribution in [2.24, 2.45) is 10.2 Å². The number of nitrogens with one attached hydrogen (secondary N) is 1. The van der Waals surface area contributed by atoms with Gasteiger partial charge in [-0.1, -0.05) is 51.8 Å². The molecule has 0 amide bonds. The number of aromatic amines is 1. The lowest BCUT2D eigenvalue weighted by atomic mass is 10.2. The molecule has 1 N–H and O–H groups in total. The molecule has 0 aliphatic heterocycles. The minimum Gasteiger partial charge on any atom is -0.292 e. The summed E-state index contributed by atoms with van der Waals surface area (Å²) in [4.78, 5) is 14.2. The van der Waals surface area contributed by atoms with Gasteiger partial charge in [0.25, 0.3) is 5.56 Å².